The lowest BCUT2D eigenvalue weighted by Gasteiger charge is -2.34. The van der Waals surface area contributed by atoms with Crippen molar-refractivity contribution in [3.8, 4) is 11.1 Å². The van der Waals surface area contributed by atoms with Crippen LogP contribution in [0.15, 0.2) is 84.9 Å². The molecule has 1 N–H and O–H groups in total. The third kappa shape index (κ3) is 3.19. The molecule has 2 heterocycles. The molecule has 5 heteroatoms. The molecule has 2 aliphatic rings. The largest absolute Gasteiger partial charge is 0.324 e. The molecule has 0 bridgehead atoms. The summed E-state index contributed by atoms with van der Waals surface area (Å²) in [6.07, 6.45) is 1.23. The van der Waals surface area contributed by atoms with Crippen LogP contribution in [0.2, 0.25) is 0 Å². The number of carbonyl (C=O) groups excluding carboxylic acids is 2. The maximum absolute atomic E-state index is 13.1. The Morgan fingerprint density at radius 3 is 2.23 bits per heavy atom. The number of fused-ring (bicyclic) bond motifs is 1. The van der Waals surface area contributed by atoms with E-state index in [1.54, 1.807) is 11.8 Å². The fraction of sp³-hybridized carbons (Fsp3) is 0.200. The van der Waals surface area contributed by atoms with Crippen LogP contribution < -0.4 is 5.32 Å². The van der Waals surface area contributed by atoms with E-state index >= 15 is 0 Å². The fourth-order valence-electron chi connectivity index (χ4n) is 4.44. The molecule has 3 aromatic carbocycles. The first-order valence-corrected chi connectivity index (χ1v) is 11.1. The predicted molar refractivity (Wildman–Crippen MR) is 121 cm³/mol. The van der Waals surface area contributed by atoms with Crippen molar-refractivity contribution in [3.05, 3.63) is 90.5 Å². The summed E-state index contributed by atoms with van der Waals surface area (Å²) in [6, 6.07) is 27.6. The van der Waals surface area contributed by atoms with Crippen LogP contribution in [0, 0.1) is 0 Å². The third-order valence-corrected chi connectivity index (χ3v) is 7.51. The van der Waals surface area contributed by atoms with E-state index in [1.165, 1.54) is 0 Å². The predicted octanol–water partition coefficient (Wildman–Crippen LogP) is 4.88. The Balaban J connectivity index is 1.35. The lowest BCUT2D eigenvalue weighted by Crippen LogP contribution is -2.48. The minimum absolute atomic E-state index is 0.0587. The van der Waals surface area contributed by atoms with Gasteiger partial charge in [-0.05, 0) is 35.2 Å². The lowest BCUT2D eigenvalue weighted by molar-refractivity contribution is -0.136. The van der Waals surface area contributed by atoms with Crippen LogP contribution >= 0.6 is 11.8 Å². The zero-order chi connectivity index (χ0) is 20.6. The van der Waals surface area contributed by atoms with Gasteiger partial charge in [0.25, 0.3) is 0 Å². The van der Waals surface area contributed by atoms with Crippen molar-refractivity contribution in [2.45, 2.75) is 23.8 Å². The molecule has 2 amide bonds. The third-order valence-electron chi connectivity index (χ3n) is 5.91. The highest BCUT2D eigenvalue weighted by atomic mass is 32.2. The van der Waals surface area contributed by atoms with Gasteiger partial charge in [0, 0.05) is 17.9 Å². The van der Waals surface area contributed by atoms with Crippen molar-refractivity contribution >= 4 is 29.3 Å². The van der Waals surface area contributed by atoms with E-state index in [-0.39, 0.29) is 11.8 Å². The Morgan fingerprint density at radius 1 is 0.900 bits per heavy atom. The van der Waals surface area contributed by atoms with Gasteiger partial charge in [0.05, 0.1) is 0 Å². The minimum atomic E-state index is -0.459. The smallest absolute Gasteiger partial charge is 0.248 e. The number of benzene rings is 3. The number of hydrogen-bond donors (Lipinski definition) is 1. The van der Waals surface area contributed by atoms with Crippen LogP contribution in [0.1, 0.15) is 18.4 Å². The highest BCUT2D eigenvalue weighted by molar-refractivity contribution is 8.00. The second kappa shape index (κ2) is 7.65. The van der Waals surface area contributed by atoms with Gasteiger partial charge in [0.2, 0.25) is 11.8 Å². The van der Waals surface area contributed by atoms with Crippen LogP contribution in [0.3, 0.4) is 0 Å². The molecule has 0 saturated carbocycles. The first-order chi connectivity index (χ1) is 14.7. The molecule has 3 aromatic rings. The van der Waals surface area contributed by atoms with Gasteiger partial charge in [0.1, 0.15) is 10.9 Å². The highest BCUT2D eigenvalue weighted by Crippen LogP contribution is 2.54. The monoisotopic (exact) mass is 414 g/mol. The first-order valence-electron chi connectivity index (χ1n) is 10.2. The maximum atomic E-state index is 13.1. The zero-order valence-corrected chi connectivity index (χ0v) is 17.3. The Labute approximate surface area is 180 Å². The van der Waals surface area contributed by atoms with Crippen LogP contribution in [-0.4, -0.2) is 28.5 Å². The van der Waals surface area contributed by atoms with E-state index in [9.17, 15) is 9.59 Å². The maximum Gasteiger partial charge on any atom is 0.248 e. The number of amides is 2. The van der Waals surface area contributed by atoms with Crippen LogP contribution in [-0.2, 0) is 14.5 Å². The number of nitrogens with zero attached hydrogens (tertiary/aromatic N) is 1. The summed E-state index contributed by atoms with van der Waals surface area (Å²) in [6.45, 7) is 0. The lowest BCUT2D eigenvalue weighted by atomic mass is 10.0. The molecule has 0 radical (unpaired) electrons. The number of thioether (sulfide) groups is 1. The van der Waals surface area contributed by atoms with Gasteiger partial charge in [-0.15, -0.1) is 11.8 Å². The van der Waals surface area contributed by atoms with Gasteiger partial charge in [0.15, 0.2) is 0 Å². The number of rotatable bonds is 4. The van der Waals surface area contributed by atoms with Crippen LogP contribution in [0.4, 0.5) is 5.69 Å². The van der Waals surface area contributed by atoms with Crippen LogP contribution in [0.25, 0.3) is 11.1 Å². The molecular formula is C25H22N2O2S. The summed E-state index contributed by atoms with van der Waals surface area (Å²) in [4.78, 5) is 27.2. The second-order valence-corrected chi connectivity index (χ2v) is 8.97. The van der Waals surface area contributed by atoms with Gasteiger partial charge in [-0.2, -0.15) is 0 Å². The molecule has 30 heavy (non-hydrogen) atoms. The van der Waals surface area contributed by atoms with E-state index in [2.05, 4.69) is 29.6 Å². The minimum Gasteiger partial charge on any atom is -0.324 e. The molecule has 0 aliphatic carbocycles. The van der Waals surface area contributed by atoms with Crippen LogP contribution in [0.5, 0.6) is 0 Å². The van der Waals surface area contributed by atoms with Crippen molar-refractivity contribution in [1.29, 1.82) is 0 Å². The summed E-state index contributed by atoms with van der Waals surface area (Å²) < 4.78 is 0. The van der Waals surface area contributed by atoms with Crippen molar-refractivity contribution < 1.29 is 9.59 Å². The van der Waals surface area contributed by atoms with E-state index in [1.807, 2.05) is 65.6 Å². The standard InChI is InChI=1S/C25H22N2O2S/c28-23-15-16-25(20-9-5-2-6-10-20)27(23)22(17-30-25)24(29)26-21-13-11-19(12-14-21)18-7-3-1-4-8-18/h1-14,22H,15-17H2,(H,26,29)/t22-,25+/m0/s1. The molecule has 150 valence electrons. The first kappa shape index (κ1) is 18.9. The Hall–Kier alpha value is -3.05. The molecule has 2 saturated heterocycles. The number of hydrogen-bond acceptors (Lipinski definition) is 3. The summed E-state index contributed by atoms with van der Waals surface area (Å²) >= 11 is 1.71. The van der Waals surface area contributed by atoms with Crippen molar-refractivity contribution in [3.63, 3.8) is 0 Å². The molecule has 0 aromatic heterocycles. The highest BCUT2D eigenvalue weighted by Gasteiger charge is 2.56. The number of anilines is 1. The SMILES string of the molecule is O=C(Nc1ccc(-c2ccccc2)cc1)[C@@H]1CS[C@@]2(c3ccccc3)CCC(=O)N12. The Morgan fingerprint density at radius 2 is 1.53 bits per heavy atom. The van der Waals surface area contributed by atoms with E-state index < -0.39 is 10.9 Å². The van der Waals surface area contributed by atoms with Crippen molar-refractivity contribution in [2.75, 3.05) is 11.1 Å². The van der Waals surface area contributed by atoms with Gasteiger partial charge >= 0.3 is 0 Å². The van der Waals surface area contributed by atoms with E-state index in [4.69, 9.17) is 0 Å². The normalized spacial score (nSPS) is 22.7. The summed E-state index contributed by atoms with van der Waals surface area (Å²) in [7, 11) is 0. The van der Waals surface area contributed by atoms with Gasteiger partial charge in [-0.1, -0.05) is 72.8 Å². The molecule has 2 aliphatic heterocycles. The molecule has 0 unspecified atom stereocenters. The Kier molecular flexibility index (Phi) is 4.83. The zero-order valence-electron chi connectivity index (χ0n) is 16.5. The Bertz CT molecular complexity index is 1070. The second-order valence-electron chi connectivity index (χ2n) is 7.67. The summed E-state index contributed by atoms with van der Waals surface area (Å²) in [5.41, 5.74) is 4.08. The average Bonchev–Trinajstić information content (AvgIpc) is 3.35. The molecule has 0 spiro atoms. The molecule has 5 rings (SSSR count). The molecule has 2 fully saturated rings. The van der Waals surface area contributed by atoms with Gasteiger partial charge in [-0.25, -0.2) is 0 Å². The molecule has 2 atom stereocenters. The molecular weight excluding hydrogens is 392 g/mol. The summed E-state index contributed by atoms with van der Waals surface area (Å²) in [5, 5.41) is 3.02. The molecule has 4 nitrogen and oxygen atoms in total. The fourth-order valence-corrected chi connectivity index (χ4v) is 6.09. The number of nitrogens with one attached hydrogen (secondary N) is 1. The quantitative estimate of drug-likeness (QED) is 0.662. The van der Waals surface area contributed by atoms with Crippen molar-refractivity contribution in [1.82, 2.24) is 4.90 Å². The van der Waals surface area contributed by atoms with Crippen molar-refractivity contribution in [2.24, 2.45) is 0 Å². The summed E-state index contributed by atoms with van der Waals surface area (Å²) in [5.74, 6) is 0.542. The van der Waals surface area contributed by atoms with Gasteiger partial charge in [-0.3, -0.25) is 9.59 Å². The van der Waals surface area contributed by atoms with E-state index in [0.29, 0.717) is 12.2 Å². The average molecular weight is 415 g/mol. The van der Waals surface area contributed by atoms with Gasteiger partial charge < -0.3 is 10.2 Å². The topological polar surface area (TPSA) is 49.4 Å². The number of carbonyl (C=O) groups is 2. The van der Waals surface area contributed by atoms with E-state index in [0.717, 1.165) is 28.8 Å².